The molecule has 0 saturated carbocycles. The van der Waals surface area contributed by atoms with Gasteiger partial charge in [-0.2, -0.15) is 4.31 Å². The maximum atomic E-state index is 13.1. The summed E-state index contributed by atoms with van der Waals surface area (Å²) in [7, 11) is -1.06. The number of aromatic nitrogens is 1. The summed E-state index contributed by atoms with van der Waals surface area (Å²) < 4.78 is 27.2. The number of aromatic amines is 1. The van der Waals surface area contributed by atoms with Crippen molar-refractivity contribution in [2.45, 2.75) is 17.7 Å². The number of sulfonamides is 1. The summed E-state index contributed by atoms with van der Waals surface area (Å²) in [6.07, 6.45) is 2.06. The number of nitrogens with zero attached hydrogens (tertiary/aromatic N) is 3. The highest BCUT2D eigenvalue weighted by Crippen LogP contribution is 2.29. The molecule has 2 bridgehead atoms. The predicted molar refractivity (Wildman–Crippen MR) is 140 cm³/mol. The fraction of sp³-hybridized carbons (Fsp3) is 0.269. The molecule has 3 N–H and O–H groups in total. The third kappa shape index (κ3) is 5.82. The maximum absolute atomic E-state index is 13.1. The molecule has 0 fully saturated rings. The van der Waals surface area contributed by atoms with Crippen LogP contribution in [0.2, 0.25) is 0 Å². The van der Waals surface area contributed by atoms with Crippen LogP contribution in [0, 0.1) is 11.8 Å². The number of aromatic hydroxyl groups is 1. The molecule has 0 spiro atoms. The van der Waals surface area contributed by atoms with Crippen LogP contribution in [-0.2, 0) is 19.6 Å². The van der Waals surface area contributed by atoms with Gasteiger partial charge in [-0.25, -0.2) is 8.42 Å². The van der Waals surface area contributed by atoms with Gasteiger partial charge in [-0.3, -0.25) is 14.6 Å². The number of hydrogen-bond acceptors (Lipinski definition) is 6. The molecule has 37 heavy (non-hydrogen) atoms. The Hall–Kier alpha value is -4.14. The lowest BCUT2D eigenvalue weighted by molar-refractivity contribution is -0.130. The van der Waals surface area contributed by atoms with Gasteiger partial charge < -0.3 is 20.3 Å². The Morgan fingerprint density at radius 1 is 1.11 bits per heavy atom. The van der Waals surface area contributed by atoms with Crippen molar-refractivity contribution in [2.24, 2.45) is 4.99 Å². The van der Waals surface area contributed by atoms with Crippen LogP contribution in [0.15, 0.2) is 52.4 Å². The lowest BCUT2D eigenvalue weighted by Crippen LogP contribution is -2.39. The van der Waals surface area contributed by atoms with Crippen molar-refractivity contribution in [3.63, 3.8) is 0 Å². The molecule has 2 heterocycles. The second-order valence-corrected chi connectivity index (χ2v) is 10.7. The first-order valence-electron chi connectivity index (χ1n) is 11.6. The predicted octanol–water partition coefficient (Wildman–Crippen LogP) is 1.96. The lowest BCUT2D eigenvalue weighted by Gasteiger charge is -2.22. The van der Waals surface area contributed by atoms with Crippen LogP contribution in [0.4, 0.5) is 5.69 Å². The highest BCUT2D eigenvalue weighted by Gasteiger charge is 2.24. The number of benzene rings is 2. The van der Waals surface area contributed by atoms with E-state index in [9.17, 15) is 23.1 Å². The van der Waals surface area contributed by atoms with Gasteiger partial charge in [-0.15, -0.1) is 0 Å². The molecular weight excluding hydrogens is 494 g/mol. The number of fused-ring (bicyclic) bond motifs is 2. The summed E-state index contributed by atoms with van der Waals surface area (Å²) in [5.41, 5.74) is 2.03. The van der Waals surface area contributed by atoms with Crippen molar-refractivity contribution >= 4 is 44.6 Å². The number of rotatable bonds is 0. The quantitative estimate of drug-likeness (QED) is 0.389. The molecule has 0 unspecified atom stereocenters. The normalized spacial score (nSPS) is 17.5. The van der Waals surface area contributed by atoms with Crippen LogP contribution in [-0.4, -0.2) is 79.5 Å². The number of hydrogen-bond donors (Lipinski definition) is 3. The highest BCUT2D eigenvalue weighted by atomic mass is 32.2. The van der Waals surface area contributed by atoms with Crippen molar-refractivity contribution < 1.29 is 23.1 Å². The van der Waals surface area contributed by atoms with Gasteiger partial charge >= 0.3 is 0 Å². The fourth-order valence-electron chi connectivity index (χ4n) is 3.90. The van der Waals surface area contributed by atoms with E-state index < -0.39 is 10.0 Å². The molecule has 1 aromatic heterocycles. The Morgan fingerprint density at radius 2 is 1.89 bits per heavy atom. The Balaban J connectivity index is 1.76. The summed E-state index contributed by atoms with van der Waals surface area (Å²) in [5.74, 6) is 5.27. The molecule has 0 radical (unpaired) electrons. The molecule has 4 rings (SSSR count). The third-order valence-electron chi connectivity index (χ3n) is 5.99. The van der Waals surface area contributed by atoms with Crippen molar-refractivity contribution in [2.75, 3.05) is 33.7 Å². The van der Waals surface area contributed by atoms with Gasteiger partial charge in [0, 0.05) is 44.2 Å². The van der Waals surface area contributed by atoms with E-state index in [-0.39, 0.29) is 42.1 Å². The SMILES string of the molecule is CN1CCCC(=O)NCC#Cc2cccc3[nH]c(O)c(c23)C=Nc2cccc(c2)S(=O)(=O)N(C)CC1=O. The molecule has 0 atom stereocenters. The zero-order valence-corrected chi connectivity index (χ0v) is 21.3. The van der Waals surface area contributed by atoms with Crippen LogP contribution in [0.5, 0.6) is 5.88 Å². The van der Waals surface area contributed by atoms with E-state index in [1.54, 1.807) is 37.4 Å². The molecule has 2 aromatic carbocycles. The van der Waals surface area contributed by atoms with E-state index in [4.69, 9.17) is 0 Å². The number of carbonyl (C=O) groups is 2. The zero-order chi connectivity index (χ0) is 26.6. The average molecular weight is 522 g/mol. The first-order valence-corrected chi connectivity index (χ1v) is 13.0. The number of amides is 2. The summed E-state index contributed by atoms with van der Waals surface area (Å²) >= 11 is 0. The van der Waals surface area contributed by atoms with Crippen LogP contribution in [0.25, 0.3) is 10.9 Å². The summed E-state index contributed by atoms with van der Waals surface area (Å²) in [4.78, 5) is 33.4. The van der Waals surface area contributed by atoms with E-state index in [2.05, 4.69) is 27.1 Å². The Morgan fingerprint density at radius 3 is 2.70 bits per heavy atom. The molecule has 0 aliphatic carbocycles. The molecule has 11 heteroatoms. The number of H-pyrrole nitrogens is 1. The molecule has 1 aliphatic heterocycles. The second-order valence-electron chi connectivity index (χ2n) is 8.63. The summed E-state index contributed by atoms with van der Waals surface area (Å²) in [5, 5.41) is 13.9. The van der Waals surface area contributed by atoms with Crippen LogP contribution in [0.1, 0.15) is 24.0 Å². The minimum Gasteiger partial charge on any atom is -0.494 e. The molecule has 0 saturated heterocycles. The molecule has 10 nitrogen and oxygen atoms in total. The van der Waals surface area contributed by atoms with Gasteiger partial charge in [0.05, 0.1) is 34.8 Å². The smallest absolute Gasteiger partial charge is 0.243 e. The summed E-state index contributed by atoms with van der Waals surface area (Å²) in [6, 6.07) is 11.4. The first kappa shape index (κ1) is 25.9. The van der Waals surface area contributed by atoms with Gasteiger partial charge in [0.25, 0.3) is 0 Å². The Bertz CT molecular complexity index is 1550. The van der Waals surface area contributed by atoms with E-state index in [1.165, 1.54) is 30.3 Å². The largest absolute Gasteiger partial charge is 0.494 e. The standard InChI is InChI=1S/C26H27N5O5S/c1-30-14-6-12-23(32)27-13-5-8-18-7-3-11-22-25(18)21(26(34)29-22)16-28-19-9-4-10-20(15-19)37(35,36)31(2)17-24(30)33/h3-4,7,9-11,15-16,29,34H,6,12-14,17H2,1-2H3,(H,27,32). The number of nitrogens with one attached hydrogen (secondary N) is 2. The minimum absolute atomic E-state index is 0.0163. The van der Waals surface area contributed by atoms with Gasteiger partial charge in [-0.05, 0) is 36.8 Å². The van der Waals surface area contributed by atoms with Crippen LogP contribution < -0.4 is 5.32 Å². The van der Waals surface area contributed by atoms with Crippen molar-refractivity contribution in [3.8, 4) is 17.7 Å². The number of likely N-dealkylation sites (N-methyl/N-ethyl adjacent to an activating group) is 2. The van der Waals surface area contributed by atoms with Gasteiger partial charge in [0.15, 0.2) is 5.88 Å². The number of carbonyl (C=O) groups excluding carboxylic acids is 2. The molecule has 2 amide bonds. The minimum atomic E-state index is -3.97. The second kappa shape index (κ2) is 10.9. The highest BCUT2D eigenvalue weighted by molar-refractivity contribution is 7.89. The average Bonchev–Trinajstić information content (AvgIpc) is 3.20. The first-order chi connectivity index (χ1) is 17.7. The fourth-order valence-corrected chi connectivity index (χ4v) is 5.06. The van der Waals surface area contributed by atoms with Gasteiger partial charge in [0.1, 0.15) is 0 Å². The van der Waals surface area contributed by atoms with Crippen molar-refractivity contribution in [1.82, 2.24) is 19.5 Å². The van der Waals surface area contributed by atoms with E-state index in [0.29, 0.717) is 40.7 Å². The van der Waals surface area contributed by atoms with Gasteiger partial charge in [-0.1, -0.05) is 24.0 Å². The third-order valence-corrected chi connectivity index (χ3v) is 7.79. The lowest BCUT2D eigenvalue weighted by atomic mass is 10.1. The number of aliphatic imine (C=N–C) groups is 1. The van der Waals surface area contributed by atoms with Crippen molar-refractivity contribution in [1.29, 1.82) is 0 Å². The van der Waals surface area contributed by atoms with Crippen LogP contribution >= 0.6 is 0 Å². The van der Waals surface area contributed by atoms with E-state index >= 15 is 0 Å². The van der Waals surface area contributed by atoms with Crippen LogP contribution in [0.3, 0.4) is 0 Å². The molecular formula is C26H27N5O5S. The van der Waals surface area contributed by atoms with Gasteiger partial charge in [0.2, 0.25) is 21.8 Å². The Kier molecular flexibility index (Phi) is 7.61. The zero-order valence-electron chi connectivity index (χ0n) is 20.5. The molecule has 1 aliphatic rings. The maximum Gasteiger partial charge on any atom is 0.243 e. The van der Waals surface area contributed by atoms with E-state index in [0.717, 1.165) is 4.31 Å². The topological polar surface area (TPSA) is 135 Å². The van der Waals surface area contributed by atoms with E-state index in [1.807, 2.05) is 0 Å². The monoisotopic (exact) mass is 521 g/mol. The molecule has 192 valence electrons. The molecule has 3 aromatic rings. The summed E-state index contributed by atoms with van der Waals surface area (Å²) in [6.45, 7) is 0.0944. The Labute approximate surface area is 215 Å². The van der Waals surface area contributed by atoms with Crippen molar-refractivity contribution in [3.05, 3.63) is 53.6 Å².